The van der Waals surface area contributed by atoms with Crippen molar-refractivity contribution < 1.29 is 13.9 Å². The first-order valence-electron chi connectivity index (χ1n) is 6.54. The van der Waals surface area contributed by atoms with Crippen LogP contribution in [-0.2, 0) is 11.3 Å². The van der Waals surface area contributed by atoms with Crippen LogP contribution in [0.5, 0.6) is 0 Å². The molecule has 0 unspecified atom stereocenters. The van der Waals surface area contributed by atoms with Crippen molar-refractivity contribution in [2.75, 3.05) is 6.61 Å². The van der Waals surface area contributed by atoms with Gasteiger partial charge in [-0.15, -0.1) is 0 Å². The van der Waals surface area contributed by atoms with Crippen molar-refractivity contribution >= 4 is 5.91 Å². The molecule has 1 heterocycles. The summed E-state index contributed by atoms with van der Waals surface area (Å²) in [5.41, 5.74) is 0.652. The maximum atomic E-state index is 11.9. The lowest BCUT2D eigenvalue weighted by atomic mass is 10.1. The standard InChI is InChI=1S/C16H19NO3/c1-16(2,17-15(18)14-9-6-10-20-14)12-19-11-13-7-4-3-5-8-13/h3-10H,11-12H2,1-2H3,(H,17,18). The molecule has 0 saturated heterocycles. The highest BCUT2D eigenvalue weighted by molar-refractivity contribution is 5.91. The van der Waals surface area contributed by atoms with Gasteiger partial charge in [-0.25, -0.2) is 0 Å². The van der Waals surface area contributed by atoms with E-state index in [1.807, 2.05) is 44.2 Å². The van der Waals surface area contributed by atoms with Crippen LogP contribution in [0.2, 0.25) is 0 Å². The van der Waals surface area contributed by atoms with Crippen LogP contribution in [0.15, 0.2) is 53.1 Å². The molecular formula is C16H19NO3. The lowest BCUT2D eigenvalue weighted by molar-refractivity contribution is 0.0603. The number of hydrogen-bond acceptors (Lipinski definition) is 3. The van der Waals surface area contributed by atoms with Crippen molar-refractivity contribution in [3.8, 4) is 0 Å². The fraction of sp³-hybridized carbons (Fsp3) is 0.312. The van der Waals surface area contributed by atoms with Gasteiger partial charge in [-0.1, -0.05) is 30.3 Å². The first kappa shape index (κ1) is 14.3. The van der Waals surface area contributed by atoms with Crippen molar-refractivity contribution in [3.63, 3.8) is 0 Å². The molecule has 2 rings (SSSR count). The molecule has 4 heteroatoms. The van der Waals surface area contributed by atoms with Gasteiger partial charge in [0.2, 0.25) is 0 Å². The van der Waals surface area contributed by atoms with E-state index in [0.717, 1.165) is 5.56 Å². The molecule has 0 aliphatic heterocycles. The van der Waals surface area contributed by atoms with E-state index in [1.165, 1.54) is 6.26 Å². The molecule has 4 nitrogen and oxygen atoms in total. The number of carbonyl (C=O) groups is 1. The molecule has 1 aromatic heterocycles. The molecule has 0 spiro atoms. The number of carbonyl (C=O) groups excluding carboxylic acids is 1. The predicted molar refractivity (Wildman–Crippen MR) is 76.4 cm³/mol. The van der Waals surface area contributed by atoms with Gasteiger partial charge in [0.05, 0.1) is 25.0 Å². The molecule has 0 bridgehead atoms. The van der Waals surface area contributed by atoms with Gasteiger partial charge < -0.3 is 14.5 Å². The van der Waals surface area contributed by atoms with Gasteiger partial charge in [-0.3, -0.25) is 4.79 Å². The summed E-state index contributed by atoms with van der Waals surface area (Å²) < 4.78 is 10.7. The molecule has 1 amide bonds. The first-order chi connectivity index (χ1) is 9.57. The highest BCUT2D eigenvalue weighted by Gasteiger charge is 2.22. The van der Waals surface area contributed by atoms with E-state index in [2.05, 4.69) is 5.32 Å². The number of ether oxygens (including phenoxy) is 1. The maximum Gasteiger partial charge on any atom is 0.287 e. The predicted octanol–water partition coefficient (Wildman–Crippen LogP) is 3.00. The normalized spacial score (nSPS) is 11.3. The van der Waals surface area contributed by atoms with Crippen LogP contribution in [0.25, 0.3) is 0 Å². The second-order valence-electron chi connectivity index (χ2n) is 5.29. The van der Waals surface area contributed by atoms with Crippen LogP contribution in [0, 0.1) is 0 Å². The number of nitrogens with one attached hydrogen (secondary N) is 1. The number of furan rings is 1. The summed E-state index contributed by atoms with van der Waals surface area (Å²) in [4.78, 5) is 11.9. The van der Waals surface area contributed by atoms with Crippen molar-refractivity contribution in [1.29, 1.82) is 0 Å². The molecule has 1 aromatic carbocycles. The Kier molecular flexibility index (Phi) is 4.58. The molecule has 2 aromatic rings. The molecule has 0 aliphatic rings. The van der Waals surface area contributed by atoms with Crippen molar-refractivity contribution in [2.45, 2.75) is 26.0 Å². The molecule has 1 N–H and O–H groups in total. The highest BCUT2D eigenvalue weighted by Crippen LogP contribution is 2.09. The van der Waals surface area contributed by atoms with E-state index in [0.29, 0.717) is 19.0 Å². The molecule has 0 aliphatic carbocycles. The molecule has 106 valence electrons. The Morgan fingerprint density at radius 3 is 2.60 bits per heavy atom. The highest BCUT2D eigenvalue weighted by atomic mass is 16.5. The smallest absolute Gasteiger partial charge is 0.287 e. The fourth-order valence-corrected chi connectivity index (χ4v) is 1.81. The number of benzene rings is 1. The molecule has 0 fully saturated rings. The Morgan fingerprint density at radius 1 is 1.20 bits per heavy atom. The topological polar surface area (TPSA) is 51.5 Å². The zero-order valence-electron chi connectivity index (χ0n) is 11.8. The minimum absolute atomic E-state index is 0.233. The Bertz CT molecular complexity index is 532. The number of hydrogen-bond donors (Lipinski definition) is 1. The minimum Gasteiger partial charge on any atom is -0.459 e. The summed E-state index contributed by atoms with van der Waals surface area (Å²) in [5.74, 6) is 0.0736. The van der Waals surface area contributed by atoms with Gasteiger partial charge in [0.15, 0.2) is 5.76 Å². The summed E-state index contributed by atoms with van der Waals surface area (Å²) in [6.07, 6.45) is 1.48. The SMILES string of the molecule is CC(C)(COCc1ccccc1)NC(=O)c1ccco1. The lowest BCUT2D eigenvalue weighted by Gasteiger charge is -2.25. The van der Waals surface area contributed by atoms with E-state index in [1.54, 1.807) is 12.1 Å². The van der Waals surface area contributed by atoms with Gasteiger partial charge in [-0.05, 0) is 31.5 Å². The maximum absolute atomic E-state index is 11.9. The largest absolute Gasteiger partial charge is 0.459 e. The third kappa shape index (κ3) is 4.24. The van der Waals surface area contributed by atoms with Crippen molar-refractivity contribution in [3.05, 3.63) is 60.1 Å². The summed E-state index contributed by atoms with van der Waals surface area (Å²) in [6, 6.07) is 13.3. The second kappa shape index (κ2) is 6.39. The summed E-state index contributed by atoms with van der Waals surface area (Å²) in [7, 11) is 0. The Hall–Kier alpha value is -2.07. The summed E-state index contributed by atoms with van der Waals surface area (Å²) >= 11 is 0. The van der Waals surface area contributed by atoms with E-state index >= 15 is 0 Å². The Labute approximate surface area is 118 Å². The van der Waals surface area contributed by atoms with Crippen LogP contribution in [0.3, 0.4) is 0 Å². The molecule has 0 atom stereocenters. The zero-order chi connectivity index (χ0) is 14.4. The van der Waals surface area contributed by atoms with Crippen LogP contribution in [-0.4, -0.2) is 18.1 Å². The second-order valence-corrected chi connectivity index (χ2v) is 5.29. The van der Waals surface area contributed by atoms with Gasteiger partial charge in [0.1, 0.15) is 0 Å². The third-order valence-electron chi connectivity index (χ3n) is 2.77. The van der Waals surface area contributed by atoms with E-state index in [-0.39, 0.29) is 5.91 Å². The van der Waals surface area contributed by atoms with Crippen LogP contribution >= 0.6 is 0 Å². The van der Waals surface area contributed by atoms with Crippen molar-refractivity contribution in [2.24, 2.45) is 0 Å². The van der Waals surface area contributed by atoms with Gasteiger partial charge in [0, 0.05) is 0 Å². The van der Waals surface area contributed by atoms with Crippen LogP contribution < -0.4 is 5.32 Å². The molecular weight excluding hydrogens is 254 g/mol. The average Bonchev–Trinajstić information content (AvgIpc) is 2.93. The Balaban J connectivity index is 1.80. The number of rotatable bonds is 6. The van der Waals surface area contributed by atoms with E-state index in [4.69, 9.17) is 9.15 Å². The molecule has 0 radical (unpaired) electrons. The van der Waals surface area contributed by atoms with Crippen LogP contribution in [0.1, 0.15) is 30.0 Å². The van der Waals surface area contributed by atoms with Crippen LogP contribution in [0.4, 0.5) is 0 Å². The van der Waals surface area contributed by atoms with E-state index < -0.39 is 5.54 Å². The lowest BCUT2D eigenvalue weighted by Crippen LogP contribution is -2.46. The van der Waals surface area contributed by atoms with Crippen molar-refractivity contribution in [1.82, 2.24) is 5.32 Å². The minimum atomic E-state index is -0.460. The first-order valence-corrected chi connectivity index (χ1v) is 6.54. The van der Waals surface area contributed by atoms with Gasteiger partial charge in [-0.2, -0.15) is 0 Å². The Morgan fingerprint density at radius 2 is 1.95 bits per heavy atom. The van der Waals surface area contributed by atoms with Gasteiger partial charge in [0.25, 0.3) is 5.91 Å². The molecule has 20 heavy (non-hydrogen) atoms. The summed E-state index contributed by atoms with van der Waals surface area (Å²) in [6.45, 7) is 4.78. The van der Waals surface area contributed by atoms with E-state index in [9.17, 15) is 4.79 Å². The zero-order valence-corrected chi connectivity index (χ0v) is 11.8. The average molecular weight is 273 g/mol. The molecule has 0 saturated carbocycles. The quantitative estimate of drug-likeness (QED) is 0.880. The third-order valence-corrected chi connectivity index (χ3v) is 2.77. The summed E-state index contributed by atoms with van der Waals surface area (Å²) in [5, 5.41) is 2.89. The van der Waals surface area contributed by atoms with Gasteiger partial charge >= 0.3 is 0 Å². The monoisotopic (exact) mass is 273 g/mol. The fourth-order valence-electron chi connectivity index (χ4n) is 1.81. The number of amides is 1.